The molecule has 1 rings (SSSR count). The van der Waals surface area contributed by atoms with Crippen LogP contribution in [-0.4, -0.2) is 110 Å². The second-order valence-corrected chi connectivity index (χ2v) is 27.8. The summed E-state index contributed by atoms with van der Waals surface area (Å²) >= 11 is 0. The van der Waals surface area contributed by atoms with Crippen LogP contribution < -0.4 is 5.32 Å². The molecule has 0 aliphatic carbocycles. The second-order valence-electron chi connectivity index (χ2n) is 27.8. The number of rotatable bonds is 70. The summed E-state index contributed by atoms with van der Waals surface area (Å²) in [7, 11) is 0. The number of hydrogen-bond acceptors (Lipinski definition) is 10. The number of hydrogen-bond donors (Lipinski definition) is 8. The van der Waals surface area contributed by atoms with Crippen LogP contribution in [0.1, 0.15) is 412 Å². The summed E-state index contributed by atoms with van der Waals surface area (Å²) in [6, 6.07) is -1.17. The van der Waals surface area contributed by atoms with Gasteiger partial charge in [-0.2, -0.15) is 0 Å². The molecule has 0 saturated carbocycles. The fourth-order valence-electron chi connectivity index (χ4n) is 13.2. The lowest BCUT2D eigenvalue weighted by molar-refractivity contribution is -0.303. The van der Waals surface area contributed by atoms with E-state index in [9.17, 15) is 40.5 Å². The lowest BCUT2D eigenvalue weighted by Gasteiger charge is -2.40. The highest BCUT2D eigenvalue weighted by Crippen LogP contribution is 2.25. The smallest absolute Gasteiger partial charge is 0.249 e. The van der Waals surface area contributed by atoms with Crippen LogP contribution in [0.25, 0.3) is 0 Å². The normalized spacial score (nSPS) is 18.6. The maximum absolute atomic E-state index is 13.3. The molecule has 1 aliphatic heterocycles. The number of ether oxygens (including phenoxy) is 2. The van der Waals surface area contributed by atoms with Crippen molar-refractivity contribution in [2.75, 3.05) is 13.2 Å². The molecular formula is C76H151NO10. The molecule has 0 aromatic carbocycles. The van der Waals surface area contributed by atoms with E-state index in [2.05, 4.69) is 19.2 Å². The molecule has 9 unspecified atom stereocenters. The van der Waals surface area contributed by atoms with Gasteiger partial charge < -0.3 is 50.5 Å². The third kappa shape index (κ3) is 52.2. The first-order chi connectivity index (χ1) is 42.7. The van der Waals surface area contributed by atoms with Gasteiger partial charge in [-0.1, -0.05) is 399 Å². The van der Waals surface area contributed by atoms with Crippen LogP contribution in [0.3, 0.4) is 0 Å². The second kappa shape index (κ2) is 65.2. The quantitative estimate of drug-likeness (QED) is 0.0272. The van der Waals surface area contributed by atoms with Gasteiger partial charge in [0.25, 0.3) is 0 Å². The minimum atomic E-state index is -1.66. The Morgan fingerprint density at radius 1 is 0.356 bits per heavy atom. The summed E-state index contributed by atoms with van der Waals surface area (Å²) < 4.78 is 11.2. The summed E-state index contributed by atoms with van der Waals surface area (Å²) in [5.41, 5.74) is 0. The van der Waals surface area contributed by atoms with E-state index in [1.807, 2.05) is 0 Å². The van der Waals surface area contributed by atoms with E-state index in [0.29, 0.717) is 19.3 Å². The summed E-state index contributed by atoms with van der Waals surface area (Å²) in [4.78, 5) is 13.3. The minimum Gasteiger partial charge on any atom is -0.394 e. The zero-order valence-corrected chi connectivity index (χ0v) is 57.8. The van der Waals surface area contributed by atoms with Gasteiger partial charge in [0.05, 0.1) is 25.4 Å². The molecule has 0 aromatic rings. The first-order valence-corrected chi connectivity index (χ1v) is 38.9. The molecule has 9 atom stereocenters. The number of carbonyl (C=O) groups excluding carboxylic acids is 1. The molecular weight excluding hydrogens is 1090 g/mol. The fourth-order valence-corrected chi connectivity index (χ4v) is 13.2. The van der Waals surface area contributed by atoms with Crippen LogP contribution in [0.4, 0.5) is 0 Å². The zero-order chi connectivity index (χ0) is 63.1. The van der Waals surface area contributed by atoms with E-state index >= 15 is 0 Å². The van der Waals surface area contributed by atoms with Crippen LogP contribution in [0, 0.1) is 0 Å². The lowest BCUT2D eigenvalue weighted by atomic mass is 9.98. The Morgan fingerprint density at radius 3 is 0.851 bits per heavy atom. The van der Waals surface area contributed by atoms with Gasteiger partial charge in [-0.05, 0) is 12.8 Å². The Morgan fingerprint density at radius 2 is 0.598 bits per heavy atom. The topological polar surface area (TPSA) is 189 Å². The average Bonchev–Trinajstić information content (AvgIpc) is 1.97. The van der Waals surface area contributed by atoms with E-state index in [1.165, 1.54) is 334 Å². The number of amides is 1. The summed E-state index contributed by atoms with van der Waals surface area (Å²) in [5.74, 6) is -0.685. The highest BCUT2D eigenvalue weighted by molar-refractivity contribution is 5.80. The molecule has 1 saturated heterocycles. The van der Waals surface area contributed by atoms with Gasteiger partial charge >= 0.3 is 0 Å². The summed E-state index contributed by atoms with van der Waals surface area (Å²) in [6.07, 6.45) is 69.3. The first kappa shape index (κ1) is 84.1. The van der Waals surface area contributed by atoms with Crippen molar-refractivity contribution in [3.8, 4) is 0 Å². The van der Waals surface area contributed by atoms with Crippen molar-refractivity contribution >= 4 is 5.91 Å². The molecule has 1 aliphatic rings. The average molecular weight is 1240 g/mol. The lowest BCUT2D eigenvalue weighted by Crippen LogP contribution is -2.60. The predicted octanol–water partition coefficient (Wildman–Crippen LogP) is 19.6. The standard InChI is InChI=1S/C76H151NO10/c1-3-5-7-9-11-13-15-17-19-21-23-25-27-29-31-32-33-34-35-36-37-38-40-42-44-46-48-50-52-54-56-58-60-62-64-69(80)75(85)77-67(66-86-76-74(84)73(83)72(82)70(65-78)87-76)71(81)68(79)63-61-59-57-55-53-51-49-47-45-43-41-39-30-28-26-24-22-20-18-16-14-12-10-8-6-4-2/h67-74,76,78-84H,3-66H2,1-2H3,(H,77,85). The van der Waals surface area contributed by atoms with Gasteiger partial charge in [-0.15, -0.1) is 0 Å². The van der Waals surface area contributed by atoms with E-state index in [1.54, 1.807) is 0 Å². The Labute approximate surface area is 539 Å². The van der Waals surface area contributed by atoms with Gasteiger partial charge in [0.15, 0.2) is 6.29 Å². The van der Waals surface area contributed by atoms with E-state index in [4.69, 9.17) is 9.47 Å². The third-order valence-electron chi connectivity index (χ3n) is 19.4. The van der Waals surface area contributed by atoms with Gasteiger partial charge in [-0.3, -0.25) is 4.79 Å². The molecule has 8 N–H and O–H groups in total. The monoisotopic (exact) mass is 1240 g/mol. The van der Waals surface area contributed by atoms with Gasteiger partial charge in [0.2, 0.25) is 5.91 Å². The number of aliphatic hydroxyl groups is 7. The highest BCUT2D eigenvalue weighted by Gasteiger charge is 2.44. The number of carbonyl (C=O) groups is 1. The molecule has 0 radical (unpaired) electrons. The van der Waals surface area contributed by atoms with Crippen LogP contribution in [0.15, 0.2) is 0 Å². The SMILES string of the molecule is CCCCCCCCCCCCCCCCCCCCCCCCCCCCCCCCCCCCC(O)C(=O)NC(COC1OC(CO)C(O)C(O)C1O)C(O)C(O)CCCCCCCCCCCCCCCCCCCCCCCCCCCC. The highest BCUT2D eigenvalue weighted by atomic mass is 16.7. The maximum atomic E-state index is 13.3. The molecule has 1 heterocycles. The van der Waals surface area contributed by atoms with Crippen LogP contribution >= 0.6 is 0 Å². The van der Waals surface area contributed by atoms with Crippen LogP contribution in [0.2, 0.25) is 0 Å². The van der Waals surface area contributed by atoms with E-state index in [0.717, 1.165) is 38.5 Å². The first-order valence-electron chi connectivity index (χ1n) is 38.9. The Balaban J connectivity index is 2.12. The largest absolute Gasteiger partial charge is 0.394 e. The molecule has 0 bridgehead atoms. The third-order valence-corrected chi connectivity index (χ3v) is 19.4. The Hall–Kier alpha value is -0.890. The molecule has 11 nitrogen and oxygen atoms in total. The number of nitrogens with one attached hydrogen (secondary N) is 1. The zero-order valence-electron chi connectivity index (χ0n) is 57.8. The summed E-state index contributed by atoms with van der Waals surface area (Å²) in [6.45, 7) is 3.54. The Kier molecular flexibility index (Phi) is 63.0. The molecule has 0 spiro atoms. The van der Waals surface area contributed by atoms with Gasteiger partial charge in [0.1, 0.15) is 36.6 Å². The molecule has 1 fully saturated rings. The Bertz CT molecular complexity index is 1380. The molecule has 87 heavy (non-hydrogen) atoms. The van der Waals surface area contributed by atoms with Crippen molar-refractivity contribution in [3.05, 3.63) is 0 Å². The number of unbranched alkanes of at least 4 members (excludes halogenated alkanes) is 58. The van der Waals surface area contributed by atoms with Crippen LogP contribution in [-0.2, 0) is 14.3 Å². The fraction of sp³-hybridized carbons (Fsp3) is 0.987. The van der Waals surface area contributed by atoms with Crippen molar-refractivity contribution in [3.63, 3.8) is 0 Å². The van der Waals surface area contributed by atoms with Crippen LogP contribution in [0.5, 0.6) is 0 Å². The number of aliphatic hydroxyl groups excluding tert-OH is 7. The molecule has 1 amide bonds. The van der Waals surface area contributed by atoms with E-state index in [-0.39, 0.29) is 6.42 Å². The van der Waals surface area contributed by atoms with Crippen molar-refractivity contribution in [2.24, 2.45) is 0 Å². The van der Waals surface area contributed by atoms with Crippen molar-refractivity contribution < 1.29 is 50.0 Å². The van der Waals surface area contributed by atoms with Crippen molar-refractivity contribution in [2.45, 2.75) is 467 Å². The van der Waals surface area contributed by atoms with Gasteiger partial charge in [-0.25, -0.2) is 0 Å². The minimum absolute atomic E-state index is 0.268. The summed E-state index contributed by atoms with van der Waals surface area (Å²) in [5, 5.41) is 76.7. The maximum Gasteiger partial charge on any atom is 0.249 e. The van der Waals surface area contributed by atoms with E-state index < -0.39 is 74.2 Å². The molecule has 0 aromatic heterocycles. The molecule has 520 valence electrons. The van der Waals surface area contributed by atoms with Gasteiger partial charge in [0, 0.05) is 0 Å². The van der Waals surface area contributed by atoms with Crippen molar-refractivity contribution in [1.82, 2.24) is 5.32 Å². The predicted molar refractivity (Wildman–Crippen MR) is 367 cm³/mol. The van der Waals surface area contributed by atoms with Crippen molar-refractivity contribution in [1.29, 1.82) is 0 Å². The molecule has 11 heteroatoms.